The molecule has 0 aliphatic heterocycles. The number of esters is 1. The van der Waals surface area contributed by atoms with E-state index in [4.69, 9.17) is 9.84 Å². The van der Waals surface area contributed by atoms with Gasteiger partial charge in [0.2, 0.25) is 0 Å². The van der Waals surface area contributed by atoms with Crippen LogP contribution in [0.4, 0.5) is 0 Å². The van der Waals surface area contributed by atoms with Crippen molar-refractivity contribution in [2.24, 2.45) is 0 Å². The zero-order chi connectivity index (χ0) is 9.68. The maximum absolute atomic E-state index is 11.0. The molecule has 0 radical (unpaired) electrons. The lowest BCUT2D eigenvalue weighted by molar-refractivity contribution is 0.0600. The molecule has 4 nitrogen and oxygen atoms in total. The molecule has 0 heterocycles. The van der Waals surface area contributed by atoms with Crippen molar-refractivity contribution in [1.82, 2.24) is 0 Å². The minimum absolute atomic E-state index is 0.377. The van der Waals surface area contributed by atoms with Gasteiger partial charge < -0.3 is 14.6 Å². The number of aliphatic hydroxyl groups excluding tert-OH is 1. The highest BCUT2D eigenvalue weighted by Gasteiger charge is 2.03. The Labute approximate surface area is 75.7 Å². The van der Waals surface area contributed by atoms with Gasteiger partial charge in [-0.25, -0.2) is 4.79 Å². The van der Waals surface area contributed by atoms with Gasteiger partial charge in [-0.1, -0.05) is 0 Å². The van der Waals surface area contributed by atoms with Gasteiger partial charge in [-0.3, -0.25) is 0 Å². The van der Waals surface area contributed by atoms with Crippen LogP contribution >= 0.6 is 0 Å². The van der Waals surface area contributed by atoms with E-state index in [-0.39, 0.29) is 6.79 Å². The predicted octanol–water partition coefficient (Wildman–Crippen LogP) is 0.802. The summed E-state index contributed by atoms with van der Waals surface area (Å²) in [5, 5.41) is 8.43. The largest absolute Gasteiger partial charge is 0.468 e. The normalized spacial score (nSPS) is 9.38. The Balaban J connectivity index is 2.75. The van der Waals surface area contributed by atoms with Crippen LogP contribution in [0.3, 0.4) is 0 Å². The molecule has 70 valence electrons. The van der Waals surface area contributed by atoms with Crippen molar-refractivity contribution in [3.05, 3.63) is 29.8 Å². The Morgan fingerprint density at radius 3 is 2.46 bits per heavy atom. The van der Waals surface area contributed by atoms with Gasteiger partial charge >= 0.3 is 5.97 Å². The molecule has 0 aromatic heterocycles. The summed E-state index contributed by atoms with van der Waals surface area (Å²) in [6.45, 7) is -0.377. The number of carbonyl (C=O) groups excluding carboxylic acids is 1. The highest BCUT2D eigenvalue weighted by Crippen LogP contribution is 2.12. The van der Waals surface area contributed by atoms with Crippen molar-refractivity contribution in [1.29, 1.82) is 0 Å². The number of aliphatic hydroxyl groups is 1. The molecule has 0 atom stereocenters. The summed E-state index contributed by atoms with van der Waals surface area (Å²) in [6.07, 6.45) is 0. The summed E-state index contributed by atoms with van der Waals surface area (Å²) >= 11 is 0. The van der Waals surface area contributed by atoms with Crippen LogP contribution in [0.2, 0.25) is 0 Å². The molecule has 13 heavy (non-hydrogen) atoms. The molecular weight excluding hydrogens is 172 g/mol. The summed E-state index contributed by atoms with van der Waals surface area (Å²) in [5.41, 5.74) is 0.452. The van der Waals surface area contributed by atoms with Gasteiger partial charge in [0, 0.05) is 0 Å². The third kappa shape index (κ3) is 2.45. The van der Waals surface area contributed by atoms with E-state index in [1.165, 1.54) is 7.11 Å². The van der Waals surface area contributed by atoms with E-state index < -0.39 is 5.97 Å². The zero-order valence-corrected chi connectivity index (χ0v) is 7.19. The molecule has 0 aliphatic carbocycles. The Hall–Kier alpha value is -1.55. The lowest BCUT2D eigenvalue weighted by atomic mass is 10.2. The summed E-state index contributed by atoms with van der Waals surface area (Å²) in [5.74, 6) is 0.116. The number of methoxy groups -OCH3 is 1. The molecule has 1 N–H and O–H groups in total. The Morgan fingerprint density at radius 2 is 2.00 bits per heavy atom. The fourth-order valence-electron chi connectivity index (χ4n) is 0.880. The van der Waals surface area contributed by atoms with Crippen molar-refractivity contribution < 1.29 is 19.4 Å². The molecule has 0 fully saturated rings. The number of rotatable bonds is 3. The van der Waals surface area contributed by atoms with E-state index in [0.717, 1.165) is 0 Å². The van der Waals surface area contributed by atoms with E-state index >= 15 is 0 Å². The third-order valence-electron chi connectivity index (χ3n) is 1.51. The molecule has 0 spiro atoms. The summed E-state index contributed by atoms with van der Waals surface area (Å²) in [4.78, 5) is 11.0. The van der Waals surface area contributed by atoms with E-state index in [1.807, 2.05) is 0 Å². The molecule has 4 heteroatoms. The highest BCUT2D eigenvalue weighted by atomic mass is 16.6. The monoisotopic (exact) mass is 182 g/mol. The van der Waals surface area contributed by atoms with E-state index in [2.05, 4.69) is 4.74 Å². The highest BCUT2D eigenvalue weighted by molar-refractivity contribution is 5.89. The second kappa shape index (κ2) is 4.47. The lowest BCUT2D eigenvalue weighted by Crippen LogP contribution is -2.01. The minimum Gasteiger partial charge on any atom is -0.468 e. The molecule has 0 aliphatic rings. The van der Waals surface area contributed by atoms with Crippen LogP contribution in [0.25, 0.3) is 0 Å². The average molecular weight is 182 g/mol. The van der Waals surface area contributed by atoms with Gasteiger partial charge in [-0.2, -0.15) is 0 Å². The first-order valence-electron chi connectivity index (χ1n) is 3.70. The summed E-state index contributed by atoms with van der Waals surface area (Å²) in [6, 6.07) is 6.30. The molecule has 0 unspecified atom stereocenters. The van der Waals surface area contributed by atoms with E-state index in [1.54, 1.807) is 24.3 Å². The Bertz CT molecular complexity index is 278. The minimum atomic E-state index is -0.393. The van der Waals surface area contributed by atoms with Crippen LogP contribution in [0.5, 0.6) is 5.75 Å². The van der Waals surface area contributed by atoms with Crippen molar-refractivity contribution in [3.63, 3.8) is 0 Å². The summed E-state index contributed by atoms with van der Waals surface area (Å²) < 4.78 is 9.28. The molecule has 0 saturated heterocycles. The average Bonchev–Trinajstić information content (AvgIpc) is 2.18. The second-order valence-electron chi connectivity index (χ2n) is 2.29. The van der Waals surface area contributed by atoms with Gasteiger partial charge in [-0.05, 0) is 24.3 Å². The van der Waals surface area contributed by atoms with Gasteiger partial charge in [0.1, 0.15) is 5.75 Å². The van der Waals surface area contributed by atoms with Crippen LogP contribution < -0.4 is 4.74 Å². The smallest absolute Gasteiger partial charge is 0.337 e. The molecule has 0 bridgehead atoms. The molecule has 1 aromatic carbocycles. The Kier molecular flexibility index (Phi) is 3.28. The zero-order valence-electron chi connectivity index (χ0n) is 7.19. The third-order valence-corrected chi connectivity index (χ3v) is 1.51. The van der Waals surface area contributed by atoms with Crippen molar-refractivity contribution in [3.8, 4) is 5.75 Å². The molecule has 0 amide bonds. The van der Waals surface area contributed by atoms with Crippen LogP contribution in [0.15, 0.2) is 24.3 Å². The first-order chi connectivity index (χ1) is 6.27. The van der Waals surface area contributed by atoms with E-state index in [9.17, 15) is 4.79 Å². The van der Waals surface area contributed by atoms with E-state index in [0.29, 0.717) is 11.3 Å². The second-order valence-corrected chi connectivity index (χ2v) is 2.29. The quantitative estimate of drug-likeness (QED) is 0.555. The van der Waals surface area contributed by atoms with Crippen molar-refractivity contribution in [2.45, 2.75) is 0 Å². The van der Waals surface area contributed by atoms with Gasteiger partial charge in [0.05, 0.1) is 12.7 Å². The number of carbonyl (C=O) groups is 1. The lowest BCUT2D eigenvalue weighted by Gasteiger charge is -2.02. The summed E-state index contributed by atoms with van der Waals surface area (Å²) in [7, 11) is 1.32. The number of hydrogen-bond donors (Lipinski definition) is 1. The van der Waals surface area contributed by atoms with Gasteiger partial charge in [0.25, 0.3) is 0 Å². The number of benzene rings is 1. The van der Waals surface area contributed by atoms with Gasteiger partial charge in [-0.15, -0.1) is 0 Å². The topological polar surface area (TPSA) is 55.8 Å². The predicted molar refractivity (Wildman–Crippen MR) is 45.5 cm³/mol. The van der Waals surface area contributed by atoms with Crippen LogP contribution in [0.1, 0.15) is 10.4 Å². The maximum Gasteiger partial charge on any atom is 0.337 e. The molecule has 1 rings (SSSR count). The SMILES string of the molecule is COC(=O)c1ccc(OCO)cc1. The standard InChI is InChI=1S/C9H10O4/c1-12-9(11)7-2-4-8(5-3-7)13-6-10/h2-5,10H,6H2,1H3. The van der Waals surface area contributed by atoms with Crippen LogP contribution in [-0.2, 0) is 4.74 Å². The van der Waals surface area contributed by atoms with Crippen molar-refractivity contribution >= 4 is 5.97 Å². The number of hydrogen-bond acceptors (Lipinski definition) is 4. The van der Waals surface area contributed by atoms with Gasteiger partial charge in [0.15, 0.2) is 6.79 Å². The molecular formula is C9H10O4. The fourth-order valence-corrected chi connectivity index (χ4v) is 0.880. The van der Waals surface area contributed by atoms with Crippen molar-refractivity contribution in [2.75, 3.05) is 13.9 Å². The maximum atomic E-state index is 11.0. The Morgan fingerprint density at radius 1 is 1.38 bits per heavy atom. The first-order valence-corrected chi connectivity index (χ1v) is 3.70. The van der Waals surface area contributed by atoms with Crippen LogP contribution in [0, 0.1) is 0 Å². The molecule has 1 aromatic rings. The number of ether oxygens (including phenoxy) is 2. The fraction of sp³-hybridized carbons (Fsp3) is 0.222. The van der Waals surface area contributed by atoms with Crippen LogP contribution in [-0.4, -0.2) is 25.0 Å². The first kappa shape index (κ1) is 9.54. The molecule has 0 saturated carbocycles.